The van der Waals surface area contributed by atoms with Gasteiger partial charge in [-0.05, 0) is 61.8 Å². The summed E-state index contributed by atoms with van der Waals surface area (Å²) >= 11 is 4.06. The van der Waals surface area contributed by atoms with E-state index in [1.165, 1.54) is 49.6 Å². The van der Waals surface area contributed by atoms with E-state index in [1.807, 2.05) is 11.8 Å². The molecule has 0 aromatic rings. The first kappa shape index (κ1) is 11.7. The van der Waals surface area contributed by atoms with Gasteiger partial charge < -0.3 is 5.32 Å². The second kappa shape index (κ2) is 8.01. The fourth-order valence-electron chi connectivity index (χ4n) is 1.60. The Labute approximate surface area is 90.8 Å². The predicted octanol–water partition coefficient (Wildman–Crippen LogP) is 2.47. The molecule has 0 aliphatic carbocycles. The van der Waals surface area contributed by atoms with Gasteiger partial charge in [-0.1, -0.05) is 0 Å². The molecule has 3 heteroatoms. The van der Waals surface area contributed by atoms with Gasteiger partial charge in [-0.15, -0.1) is 0 Å². The molecule has 0 unspecified atom stereocenters. The average molecular weight is 219 g/mol. The van der Waals surface area contributed by atoms with Crippen LogP contribution in [0.3, 0.4) is 0 Å². The maximum Gasteiger partial charge on any atom is -0.00199 e. The van der Waals surface area contributed by atoms with Crippen molar-refractivity contribution in [3.8, 4) is 0 Å². The quantitative estimate of drug-likeness (QED) is 0.689. The minimum absolute atomic E-state index is 0.968. The van der Waals surface area contributed by atoms with Gasteiger partial charge in [0.2, 0.25) is 0 Å². The van der Waals surface area contributed by atoms with Crippen molar-refractivity contribution in [2.45, 2.75) is 19.3 Å². The van der Waals surface area contributed by atoms with Crippen LogP contribution in [0.15, 0.2) is 0 Å². The van der Waals surface area contributed by atoms with E-state index in [9.17, 15) is 0 Å². The maximum atomic E-state index is 3.57. The summed E-state index contributed by atoms with van der Waals surface area (Å²) < 4.78 is 0. The van der Waals surface area contributed by atoms with Gasteiger partial charge in [-0.2, -0.15) is 23.5 Å². The summed E-state index contributed by atoms with van der Waals surface area (Å²) in [5.74, 6) is 5.04. The topological polar surface area (TPSA) is 12.0 Å². The molecule has 78 valence electrons. The van der Waals surface area contributed by atoms with Crippen molar-refractivity contribution in [2.24, 2.45) is 5.92 Å². The van der Waals surface area contributed by atoms with Gasteiger partial charge >= 0.3 is 0 Å². The number of thioether (sulfide) groups is 2. The molecule has 1 nitrogen and oxygen atoms in total. The third-order valence-electron chi connectivity index (χ3n) is 2.48. The van der Waals surface area contributed by atoms with Crippen molar-refractivity contribution >= 4 is 23.5 Å². The van der Waals surface area contributed by atoms with E-state index >= 15 is 0 Å². The van der Waals surface area contributed by atoms with Gasteiger partial charge in [0.25, 0.3) is 0 Å². The van der Waals surface area contributed by atoms with Gasteiger partial charge in [0.1, 0.15) is 0 Å². The molecule has 0 aromatic heterocycles. The summed E-state index contributed by atoms with van der Waals surface area (Å²) in [6.45, 7) is 2.47. The summed E-state index contributed by atoms with van der Waals surface area (Å²) in [7, 11) is 0. The number of nitrogens with one attached hydrogen (secondary N) is 1. The van der Waals surface area contributed by atoms with E-state index in [2.05, 4.69) is 23.3 Å². The van der Waals surface area contributed by atoms with E-state index in [4.69, 9.17) is 0 Å². The smallest absolute Gasteiger partial charge is 0.00199 e. The molecule has 0 saturated carbocycles. The van der Waals surface area contributed by atoms with Crippen molar-refractivity contribution in [1.82, 2.24) is 5.32 Å². The van der Waals surface area contributed by atoms with Crippen molar-refractivity contribution in [2.75, 3.05) is 36.6 Å². The normalized spacial score (nSPS) is 19.2. The molecule has 0 aromatic carbocycles. The number of hydrogen-bond acceptors (Lipinski definition) is 3. The molecule has 1 N–H and O–H groups in total. The van der Waals surface area contributed by atoms with Gasteiger partial charge in [0.15, 0.2) is 0 Å². The van der Waals surface area contributed by atoms with E-state index < -0.39 is 0 Å². The third kappa shape index (κ3) is 5.87. The molecule has 0 amide bonds. The molecular weight excluding hydrogens is 198 g/mol. The Bertz CT molecular complexity index is 113. The Kier molecular flexibility index (Phi) is 7.23. The summed E-state index contributed by atoms with van der Waals surface area (Å²) in [6, 6.07) is 0. The van der Waals surface area contributed by atoms with Crippen molar-refractivity contribution in [1.29, 1.82) is 0 Å². The Morgan fingerprint density at radius 2 is 2.15 bits per heavy atom. The van der Waals surface area contributed by atoms with E-state index in [0.29, 0.717) is 0 Å². The third-order valence-corrected chi connectivity index (χ3v) is 4.22. The van der Waals surface area contributed by atoms with Crippen LogP contribution in [0.5, 0.6) is 0 Å². The van der Waals surface area contributed by atoms with E-state index in [0.717, 1.165) is 5.92 Å². The molecule has 1 heterocycles. The average Bonchev–Trinajstić information content (AvgIpc) is 2.19. The molecule has 1 aliphatic heterocycles. The summed E-state index contributed by atoms with van der Waals surface area (Å²) in [5, 5.41) is 3.57. The zero-order valence-electron chi connectivity index (χ0n) is 8.55. The molecule has 0 atom stereocenters. The highest BCUT2D eigenvalue weighted by molar-refractivity contribution is 7.99. The zero-order valence-corrected chi connectivity index (χ0v) is 10.2. The largest absolute Gasteiger partial charge is 0.316 e. The first-order chi connectivity index (χ1) is 6.43. The molecule has 13 heavy (non-hydrogen) atoms. The van der Waals surface area contributed by atoms with Crippen molar-refractivity contribution in [3.05, 3.63) is 0 Å². The van der Waals surface area contributed by atoms with Gasteiger partial charge in [0, 0.05) is 0 Å². The lowest BCUT2D eigenvalue weighted by molar-refractivity contribution is 0.449. The highest BCUT2D eigenvalue weighted by Crippen LogP contribution is 2.21. The maximum absolute atomic E-state index is 3.57. The van der Waals surface area contributed by atoms with Crippen LogP contribution in [0.4, 0.5) is 0 Å². The summed E-state index contributed by atoms with van der Waals surface area (Å²) in [4.78, 5) is 0. The molecule has 0 radical (unpaired) electrons. The lowest BCUT2D eigenvalue weighted by atomic mass is 10.0. The molecule has 1 saturated heterocycles. The second-order valence-electron chi connectivity index (χ2n) is 3.61. The molecule has 1 rings (SSSR count). The Balaban J connectivity index is 1.86. The molecule has 1 aliphatic rings. The van der Waals surface area contributed by atoms with Gasteiger partial charge in [-0.3, -0.25) is 0 Å². The lowest BCUT2D eigenvalue weighted by Gasteiger charge is -2.21. The zero-order chi connectivity index (χ0) is 9.36. The first-order valence-electron chi connectivity index (χ1n) is 5.21. The van der Waals surface area contributed by atoms with Crippen molar-refractivity contribution < 1.29 is 0 Å². The monoisotopic (exact) mass is 219 g/mol. The van der Waals surface area contributed by atoms with Crippen molar-refractivity contribution in [3.63, 3.8) is 0 Å². The highest BCUT2D eigenvalue weighted by atomic mass is 32.2. The fraction of sp³-hybridized carbons (Fsp3) is 1.00. The van der Waals surface area contributed by atoms with Crippen LogP contribution >= 0.6 is 23.5 Å². The Hall–Kier alpha value is 0.660. The SMILES string of the molecule is CSCCCNCC1CCSCC1. The fourth-order valence-corrected chi connectivity index (χ4v) is 3.24. The van der Waals surface area contributed by atoms with Gasteiger partial charge in [-0.25, -0.2) is 0 Å². The number of rotatable bonds is 6. The summed E-state index contributed by atoms with van der Waals surface area (Å²) in [6.07, 6.45) is 6.36. The van der Waals surface area contributed by atoms with Crippen LogP contribution in [0, 0.1) is 5.92 Å². The molecular formula is C10H21NS2. The van der Waals surface area contributed by atoms with Crippen LogP contribution in [-0.4, -0.2) is 36.6 Å². The minimum Gasteiger partial charge on any atom is -0.316 e. The molecule has 0 spiro atoms. The minimum atomic E-state index is 0.968. The molecule has 1 fully saturated rings. The highest BCUT2D eigenvalue weighted by Gasteiger charge is 2.12. The van der Waals surface area contributed by atoms with Gasteiger partial charge in [0.05, 0.1) is 0 Å². The lowest BCUT2D eigenvalue weighted by Crippen LogP contribution is -2.26. The predicted molar refractivity (Wildman–Crippen MR) is 65.9 cm³/mol. The summed E-state index contributed by atoms with van der Waals surface area (Å²) in [5.41, 5.74) is 0. The number of hydrogen-bond donors (Lipinski definition) is 1. The Morgan fingerprint density at radius 3 is 2.85 bits per heavy atom. The van der Waals surface area contributed by atoms with E-state index in [-0.39, 0.29) is 0 Å². The van der Waals surface area contributed by atoms with Crippen LogP contribution < -0.4 is 5.32 Å². The first-order valence-corrected chi connectivity index (χ1v) is 7.75. The second-order valence-corrected chi connectivity index (χ2v) is 5.82. The standard InChI is InChI=1S/C10H21NS2/c1-12-6-2-5-11-9-10-3-7-13-8-4-10/h10-11H,2-9H2,1H3. The van der Waals surface area contributed by atoms with Crippen LogP contribution in [0.2, 0.25) is 0 Å². The van der Waals surface area contributed by atoms with E-state index in [1.54, 1.807) is 0 Å². The Morgan fingerprint density at radius 1 is 1.38 bits per heavy atom. The van der Waals surface area contributed by atoms with Crippen LogP contribution in [0.1, 0.15) is 19.3 Å². The van der Waals surface area contributed by atoms with Crippen LogP contribution in [0.25, 0.3) is 0 Å². The van der Waals surface area contributed by atoms with Crippen LogP contribution in [-0.2, 0) is 0 Å². The molecule has 0 bridgehead atoms.